The summed E-state index contributed by atoms with van der Waals surface area (Å²) >= 11 is 1.67. The van der Waals surface area contributed by atoms with Crippen LogP contribution in [0.5, 0.6) is 0 Å². The van der Waals surface area contributed by atoms with Gasteiger partial charge in [0.25, 0.3) is 0 Å². The second-order valence-electron chi connectivity index (χ2n) is 8.96. The summed E-state index contributed by atoms with van der Waals surface area (Å²) in [5, 5.41) is 1.64. The van der Waals surface area contributed by atoms with Gasteiger partial charge in [-0.1, -0.05) is 80.4 Å². The van der Waals surface area contributed by atoms with Crippen molar-refractivity contribution >= 4 is 43.1 Å². The minimum atomic E-state index is -0.0414. The van der Waals surface area contributed by atoms with Crippen molar-refractivity contribution < 1.29 is 9.59 Å². The fourth-order valence-electron chi connectivity index (χ4n) is 4.63. The van der Waals surface area contributed by atoms with Crippen LogP contribution in [0.3, 0.4) is 0 Å². The Labute approximate surface area is 214 Å². The molecule has 4 heteroatoms. The number of carbonyl (C=O) groups is 2. The predicted octanol–water partition coefficient (Wildman–Crippen LogP) is 7.61. The van der Waals surface area contributed by atoms with Crippen LogP contribution in [0.25, 0.3) is 20.2 Å². The molecular formula is C32H26O3S. The molecule has 6 rings (SSSR count). The van der Waals surface area contributed by atoms with Crippen molar-refractivity contribution in [2.45, 2.75) is 32.6 Å². The monoisotopic (exact) mass is 490 g/mol. The Morgan fingerprint density at radius 1 is 0.583 bits per heavy atom. The minimum Gasteiger partial charge on any atom is -0.289 e. The van der Waals surface area contributed by atoms with Gasteiger partial charge in [-0.05, 0) is 48.7 Å². The molecule has 5 aromatic rings. The van der Waals surface area contributed by atoms with Crippen molar-refractivity contribution in [3.05, 3.63) is 129 Å². The van der Waals surface area contributed by atoms with Crippen LogP contribution in [-0.2, 0) is 6.42 Å². The Morgan fingerprint density at radius 2 is 1.11 bits per heavy atom. The zero-order chi connectivity index (χ0) is 25.1. The van der Waals surface area contributed by atoms with Crippen LogP contribution in [0.4, 0.5) is 0 Å². The number of hydrogen-bond acceptors (Lipinski definition) is 4. The van der Waals surface area contributed by atoms with E-state index in [4.69, 9.17) is 0 Å². The molecule has 3 nitrogen and oxygen atoms in total. The Morgan fingerprint density at radius 3 is 1.72 bits per heavy atom. The fraction of sp³-hybridized carbons (Fsp3) is 0.156. The molecule has 36 heavy (non-hydrogen) atoms. The highest BCUT2D eigenvalue weighted by atomic mass is 32.1. The molecular weight excluding hydrogens is 464 g/mol. The number of rotatable bonds is 4. The lowest BCUT2D eigenvalue weighted by Crippen LogP contribution is -2.20. The normalized spacial score (nSPS) is 12.1. The van der Waals surface area contributed by atoms with Crippen LogP contribution in [0.2, 0.25) is 0 Å². The number of benzene rings is 4. The van der Waals surface area contributed by atoms with Gasteiger partial charge in [0.2, 0.25) is 0 Å². The van der Waals surface area contributed by atoms with Gasteiger partial charge in [-0.2, -0.15) is 0 Å². The number of carbonyl (C=O) groups excluding carboxylic acids is 2. The average Bonchev–Trinajstić information content (AvgIpc) is 2.92. The number of fused-ring (bicyclic) bond motifs is 4. The summed E-state index contributed by atoms with van der Waals surface area (Å²) in [6.07, 6.45) is 4.45. The van der Waals surface area contributed by atoms with E-state index in [1.807, 2.05) is 66.7 Å². The molecule has 0 N–H and O–H groups in total. The van der Waals surface area contributed by atoms with Crippen molar-refractivity contribution in [1.82, 2.24) is 0 Å². The van der Waals surface area contributed by atoms with Gasteiger partial charge in [-0.3, -0.25) is 14.4 Å². The SMILES string of the molecule is CCCCCc1ccc2c(c1)C(=O)c1ccccc1C2=O.O=c1c2ccccc2sc2ccccc12. The van der Waals surface area contributed by atoms with Crippen LogP contribution in [-0.4, -0.2) is 11.6 Å². The molecule has 0 unspecified atom stereocenters. The Kier molecular flexibility index (Phi) is 6.88. The number of ketones is 2. The topological polar surface area (TPSA) is 51.2 Å². The molecule has 0 saturated heterocycles. The molecule has 1 aliphatic rings. The first-order valence-electron chi connectivity index (χ1n) is 12.3. The molecule has 0 aliphatic heterocycles. The van der Waals surface area contributed by atoms with Gasteiger partial charge >= 0.3 is 0 Å². The first kappa shape index (κ1) is 23.8. The van der Waals surface area contributed by atoms with E-state index in [1.54, 1.807) is 35.6 Å². The lowest BCUT2D eigenvalue weighted by molar-refractivity contribution is 0.0979. The molecule has 0 fully saturated rings. The standard InChI is InChI=1S/C19H18O2.C13H8OS/c1-2-3-4-7-13-10-11-16-17(12-13)19(21)15-9-6-5-8-14(15)18(16)20;14-13-9-5-1-3-7-11(9)15-12-8-4-2-6-10(12)13/h5-6,8-12H,2-4,7H2,1H3;1-8H. The Bertz CT molecular complexity index is 1600. The molecule has 178 valence electrons. The van der Waals surface area contributed by atoms with Gasteiger partial charge in [0.05, 0.1) is 0 Å². The molecule has 4 aromatic carbocycles. The third-order valence-electron chi connectivity index (χ3n) is 6.54. The maximum absolute atomic E-state index is 12.6. The highest BCUT2D eigenvalue weighted by Gasteiger charge is 2.29. The van der Waals surface area contributed by atoms with E-state index in [0.717, 1.165) is 38.6 Å². The van der Waals surface area contributed by atoms with Crippen LogP contribution in [0.1, 0.15) is 63.6 Å². The van der Waals surface area contributed by atoms with Crippen molar-refractivity contribution in [2.75, 3.05) is 0 Å². The number of aryl methyl sites for hydroxylation is 1. The second-order valence-corrected chi connectivity index (χ2v) is 10.0. The molecule has 1 heterocycles. The number of hydrogen-bond donors (Lipinski definition) is 0. The van der Waals surface area contributed by atoms with Crippen LogP contribution < -0.4 is 5.43 Å². The highest BCUT2D eigenvalue weighted by Crippen LogP contribution is 2.28. The average molecular weight is 491 g/mol. The van der Waals surface area contributed by atoms with Gasteiger partial charge in [0.15, 0.2) is 17.0 Å². The van der Waals surface area contributed by atoms with Gasteiger partial charge < -0.3 is 0 Å². The Balaban J connectivity index is 0.000000156. The van der Waals surface area contributed by atoms with E-state index < -0.39 is 0 Å². The summed E-state index contributed by atoms with van der Waals surface area (Å²) in [5.74, 6) is -0.0714. The highest BCUT2D eigenvalue weighted by molar-refractivity contribution is 7.24. The first-order valence-corrected chi connectivity index (χ1v) is 13.1. The molecule has 0 radical (unpaired) electrons. The van der Waals surface area contributed by atoms with Gasteiger partial charge in [-0.25, -0.2) is 0 Å². The smallest absolute Gasteiger partial charge is 0.195 e. The first-order chi connectivity index (χ1) is 17.6. The third kappa shape index (κ3) is 4.52. The maximum Gasteiger partial charge on any atom is 0.195 e. The molecule has 0 saturated carbocycles. The lowest BCUT2D eigenvalue weighted by atomic mass is 9.83. The Hall–Kier alpha value is -3.89. The summed E-state index contributed by atoms with van der Waals surface area (Å²) in [6, 6.07) is 28.3. The maximum atomic E-state index is 12.6. The summed E-state index contributed by atoms with van der Waals surface area (Å²) < 4.78 is 2.11. The van der Waals surface area contributed by atoms with Gasteiger partial charge in [-0.15, -0.1) is 11.3 Å². The van der Waals surface area contributed by atoms with E-state index in [2.05, 4.69) is 6.92 Å². The molecule has 1 aromatic heterocycles. The van der Waals surface area contributed by atoms with Gasteiger partial charge in [0, 0.05) is 42.4 Å². The second kappa shape index (κ2) is 10.4. The van der Waals surface area contributed by atoms with E-state index in [0.29, 0.717) is 22.3 Å². The van der Waals surface area contributed by atoms with Crippen LogP contribution in [0.15, 0.2) is 95.8 Å². The summed E-state index contributed by atoms with van der Waals surface area (Å²) in [7, 11) is 0. The van der Waals surface area contributed by atoms with Crippen molar-refractivity contribution in [1.29, 1.82) is 0 Å². The van der Waals surface area contributed by atoms with Gasteiger partial charge in [0.1, 0.15) is 0 Å². The zero-order valence-electron chi connectivity index (χ0n) is 20.1. The summed E-state index contributed by atoms with van der Waals surface area (Å²) in [5.41, 5.74) is 3.43. The van der Waals surface area contributed by atoms with E-state index in [-0.39, 0.29) is 17.0 Å². The number of unbranched alkanes of at least 4 members (excludes halogenated alkanes) is 2. The van der Waals surface area contributed by atoms with E-state index in [1.165, 1.54) is 12.8 Å². The molecule has 0 spiro atoms. The fourth-order valence-corrected chi connectivity index (χ4v) is 5.70. The summed E-state index contributed by atoms with van der Waals surface area (Å²) in [6.45, 7) is 2.17. The van der Waals surface area contributed by atoms with Crippen molar-refractivity contribution in [2.24, 2.45) is 0 Å². The van der Waals surface area contributed by atoms with E-state index in [9.17, 15) is 14.4 Å². The quantitative estimate of drug-likeness (QED) is 0.189. The third-order valence-corrected chi connectivity index (χ3v) is 7.69. The summed E-state index contributed by atoms with van der Waals surface area (Å²) in [4.78, 5) is 37.2. The zero-order valence-corrected chi connectivity index (χ0v) is 20.9. The van der Waals surface area contributed by atoms with Crippen LogP contribution in [0, 0.1) is 0 Å². The van der Waals surface area contributed by atoms with Crippen molar-refractivity contribution in [3.63, 3.8) is 0 Å². The largest absolute Gasteiger partial charge is 0.289 e. The predicted molar refractivity (Wildman–Crippen MR) is 149 cm³/mol. The van der Waals surface area contributed by atoms with Crippen molar-refractivity contribution in [3.8, 4) is 0 Å². The molecule has 0 amide bonds. The minimum absolute atomic E-state index is 0.0301. The van der Waals surface area contributed by atoms with Crippen LogP contribution >= 0.6 is 11.3 Å². The molecule has 0 bridgehead atoms. The lowest BCUT2D eigenvalue weighted by Gasteiger charge is -2.18. The molecule has 0 atom stereocenters. The van der Waals surface area contributed by atoms with E-state index >= 15 is 0 Å². The molecule has 1 aliphatic carbocycles.